The highest BCUT2D eigenvalue weighted by Crippen LogP contribution is 2.26. The molecule has 1 aliphatic heterocycles. The number of nitrogen functional groups attached to an aromatic ring is 1. The van der Waals surface area contributed by atoms with Crippen LogP contribution in [0.3, 0.4) is 0 Å². The van der Waals surface area contributed by atoms with Crippen molar-refractivity contribution in [2.75, 3.05) is 19.5 Å². The third-order valence-corrected chi connectivity index (χ3v) is 3.20. The van der Waals surface area contributed by atoms with Crippen molar-refractivity contribution in [1.29, 1.82) is 0 Å². The monoisotopic (exact) mass is 265 g/mol. The molecule has 5 heteroatoms. The maximum atomic E-state index is 12.0. The van der Waals surface area contributed by atoms with Crippen molar-refractivity contribution in [2.24, 2.45) is 0 Å². The van der Waals surface area contributed by atoms with Gasteiger partial charge in [0.1, 0.15) is 17.9 Å². The number of hydrogen-bond donors (Lipinski definition) is 1. The molecule has 19 heavy (non-hydrogen) atoms. The zero-order valence-electron chi connectivity index (χ0n) is 11.2. The average Bonchev–Trinajstić information content (AvgIpc) is 2.81. The Labute approximate surface area is 112 Å². The topological polar surface area (TPSA) is 70.8 Å². The molecule has 0 amide bonds. The lowest BCUT2D eigenvalue weighted by atomic mass is 10.1. The van der Waals surface area contributed by atoms with Gasteiger partial charge in [-0.1, -0.05) is 6.07 Å². The van der Waals surface area contributed by atoms with E-state index in [2.05, 4.69) is 0 Å². The third kappa shape index (κ3) is 3.17. The predicted octanol–water partition coefficient (Wildman–Crippen LogP) is 2.00. The van der Waals surface area contributed by atoms with Crippen LogP contribution in [0.4, 0.5) is 5.69 Å². The lowest BCUT2D eigenvalue weighted by molar-refractivity contribution is -0.00275. The lowest BCUT2D eigenvalue weighted by Crippen LogP contribution is -2.20. The minimum atomic E-state index is -0.474. The summed E-state index contributed by atoms with van der Waals surface area (Å²) in [6.45, 7) is 2.26. The summed E-state index contributed by atoms with van der Waals surface area (Å²) in [5.74, 6) is -0.0520. The summed E-state index contributed by atoms with van der Waals surface area (Å²) in [4.78, 5) is 12.0. The summed E-state index contributed by atoms with van der Waals surface area (Å²) >= 11 is 0. The van der Waals surface area contributed by atoms with Crippen molar-refractivity contribution in [1.82, 2.24) is 0 Å². The van der Waals surface area contributed by atoms with Crippen LogP contribution >= 0.6 is 0 Å². The molecule has 1 aromatic rings. The molecular weight excluding hydrogens is 246 g/mol. The number of rotatable bonds is 4. The van der Waals surface area contributed by atoms with Gasteiger partial charge in [0.05, 0.1) is 19.3 Å². The number of hydrogen-bond acceptors (Lipinski definition) is 5. The van der Waals surface area contributed by atoms with Gasteiger partial charge in [-0.2, -0.15) is 0 Å². The highest BCUT2D eigenvalue weighted by molar-refractivity contribution is 5.98. The molecule has 104 valence electrons. The highest BCUT2D eigenvalue weighted by Gasteiger charge is 2.24. The van der Waals surface area contributed by atoms with Crippen LogP contribution < -0.4 is 10.5 Å². The standard InChI is InChI=1S/C14H19NO4/c1-9-6-7-10(19-9)8-18-14(16)13-11(15)4-3-5-12(13)17-2/h3-5,9-10H,6-8,15H2,1-2H3. The molecule has 0 saturated carbocycles. The van der Waals surface area contributed by atoms with Crippen LogP contribution in [0.25, 0.3) is 0 Å². The minimum absolute atomic E-state index is 0.0186. The molecule has 1 aliphatic rings. The van der Waals surface area contributed by atoms with Crippen molar-refractivity contribution in [3.63, 3.8) is 0 Å². The molecule has 0 aromatic heterocycles. The Morgan fingerprint density at radius 3 is 2.89 bits per heavy atom. The Kier molecular flexibility index (Phi) is 4.27. The number of methoxy groups -OCH3 is 1. The summed E-state index contributed by atoms with van der Waals surface area (Å²) in [5, 5.41) is 0. The molecule has 1 aromatic carbocycles. The van der Waals surface area contributed by atoms with Gasteiger partial charge in [0.2, 0.25) is 0 Å². The SMILES string of the molecule is COc1cccc(N)c1C(=O)OCC1CCC(C)O1. The fourth-order valence-corrected chi connectivity index (χ4v) is 2.19. The molecule has 0 radical (unpaired) electrons. The van der Waals surface area contributed by atoms with Crippen LogP contribution in [0.2, 0.25) is 0 Å². The predicted molar refractivity (Wildman–Crippen MR) is 71.3 cm³/mol. The van der Waals surface area contributed by atoms with Crippen LogP contribution in [0.15, 0.2) is 18.2 Å². The second-order valence-corrected chi connectivity index (χ2v) is 4.67. The Morgan fingerprint density at radius 1 is 1.47 bits per heavy atom. The number of nitrogens with two attached hydrogens (primary N) is 1. The van der Waals surface area contributed by atoms with E-state index in [0.717, 1.165) is 12.8 Å². The van der Waals surface area contributed by atoms with Crippen LogP contribution in [0.5, 0.6) is 5.75 Å². The molecule has 2 N–H and O–H groups in total. The largest absolute Gasteiger partial charge is 0.496 e. The second kappa shape index (κ2) is 5.93. The zero-order valence-corrected chi connectivity index (χ0v) is 11.2. The maximum absolute atomic E-state index is 12.0. The number of carbonyl (C=O) groups is 1. The number of anilines is 1. The quantitative estimate of drug-likeness (QED) is 0.666. The Hall–Kier alpha value is -1.75. The van der Waals surface area contributed by atoms with Crippen LogP contribution in [0.1, 0.15) is 30.1 Å². The van der Waals surface area contributed by atoms with Gasteiger partial charge < -0.3 is 19.9 Å². The second-order valence-electron chi connectivity index (χ2n) is 4.67. The van der Waals surface area contributed by atoms with Gasteiger partial charge in [0.25, 0.3) is 0 Å². The lowest BCUT2D eigenvalue weighted by Gasteiger charge is -2.14. The molecule has 0 bridgehead atoms. The molecule has 1 fully saturated rings. The van der Waals surface area contributed by atoms with Gasteiger partial charge in [0.15, 0.2) is 0 Å². The Balaban J connectivity index is 2.00. The number of benzene rings is 1. The van der Waals surface area contributed by atoms with E-state index in [-0.39, 0.29) is 24.4 Å². The normalized spacial score (nSPS) is 22.2. The minimum Gasteiger partial charge on any atom is -0.496 e. The van der Waals surface area contributed by atoms with E-state index >= 15 is 0 Å². The first-order valence-corrected chi connectivity index (χ1v) is 6.37. The van der Waals surface area contributed by atoms with E-state index in [0.29, 0.717) is 11.4 Å². The first kappa shape index (κ1) is 13.7. The summed E-state index contributed by atoms with van der Waals surface area (Å²) in [5.41, 5.74) is 6.42. The number of esters is 1. The summed E-state index contributed by atoms with van der Waals surface area (Å²) in [6.07, 6.45) is 2.13. The van der Waals surface area contributed by atoms with E-state index in [1.807, 2.05) is 6.92 Å². The first-order chi connectivity index (χ1) is 9.11. The zero-order chi connectivity index (χ0) is 13.8. The van der Waals surface area contributed by atoms with E-state index in [1.165, 1.54) is 7.11 Å². The van der Waals surface area contributed by atoms with E-state index in [1.54, 1.807) is 18.2 Å². The van der Waals surface area contributed by atoms with Crippen molar-refractivity contribution >= 4 is 11.7 Å². The molecule has 0 spiro atoms. The number of ether oxygens (including phenoxy) is 3. The molecule has 0 aliphatic carbocycles. The maximum Gasteiger partial charge on any atom is 0.344 e. The Bertz CT molecular complexity index is 461. The van der Waals surface area contributed by atoms with E-state index < -0.39 is 5.97 Å². The van der Waals surface area contributed by atoms with Gasteiger partial charge in [-0.15, -0.1) is 0 Å². The summed E-state index contributed by atoms with van der Waals surface area (Å²) in [6, 6.07) is 5.06. The smallest absolute Gasteiger partial charge is 0.344 e. The molecule has 5 nitrogen and oxygen atoms in total. The average molecular weight is 265 g/mol. The van der Waals surface area contributed by atoms with Crippen molar-refractivity contribution in [3.8, 4) is 5.75 Å². The molecular formula is C14H19NO4. The van der Waals surface area contributed by atoms with Gasteiger partial charge in [-0.25, -0.2) is 4.79 Å². The third-order valence-electron chi connectivity index (χ3n) is 3.20. The van der Waals surface area contributed by atoms with Crippen LogP contribution in [-0.4, -0.2) is 31.9 Å². The fraction of sp³-hybridized carbons (Fsp3) is 0.500. The molecule has 2 atom stereocenters. The van der Waals surface area contributed by atoms with Crippen molar-refractivity contribution in [3.05, 3.63) is 23.8 Å². The Morgan fingerprint density at radius 2 is 2.26 bits per heavy atom. The van der Waals surface area contributed by atoms with Crippen LogP contribution in [0, 0.1) is 0 Å². The van der Waals surface area contributed by atoms with Crippen molar-refractivity contribution in [2.45, 2.75) is 32.0 Å². The summed E-state index contributed by atoms with van der Waals surface area (Å²) in [7, 11) is 1.49. The van der Waals surface area contributed by atoms with Crippen molar-refractivity contribution < 1.29 is 19.0 Å². The van der Waals surface area contributed by atoms with Crippen LogP contribution in [-0.2, 0) is 9.47 Å². The first-order valence-electron chi connectivity index (χ1n) is 6.37. The number of carbonyl (C=O) groups excluding carboxylic acids is 1. The van der Waals surface area contributed by atoms with E-state index in [9.17, 15) is 4.79 Å². The highest BCUT2D eigenvalue weighted by atomic mass is 16.6. The molecule has 2 rings (SSSR count). The molecule has 2 unspecified atom stereocenters. The molecule has 1 saturated heterocycles. The summed E-state index contributed by atoms with van der Waals surface area (Å²) < 4.78 is 16.0. The molecule has 1 heterocycles. The van der Waals surface area contributed by atoms with Gasteiger partial charge >= 0.3 is 5.97 Å². The van der Waals surface area contributed by atoms with Gasteiger partial charge in [-0.05, 0) is 31.9 Å². The van der Waals surface area contributed by atoms with E-state index in [4.69, 9.17) is 19.9 Å². The fourth-order valence-electron chi connectivity index (χ4n) is 2.19. The van der Waals surface area contributed by atoms with Gasteiger partial charge in [-0.3, -0.25) is 0 Å². The van der Waals surface area contributed by atoms with Gasteiger partial charge in [0, 0.05) is 5.69 Å².